The first-order valence-corrected chi connectivity index (χ1v) is 9.55. The van der Waals surface area contributed by atoms with Gasteiger partial charge in [0.2, 0.25) is 0 Å². The van der Waals surface area contributed by atoms with Crippen LogP contribution in [-0.2, 0) is 21.4 Å². The fourth-order valence-corrected chi connectivity index (χ4v) is 2.82. The van der Waals surface area contributed by atoms with Crippen LogP contribution in [0.15, 0.2) is 24.3 Å². The van der Waals surface area contributed by atoms with Gasteiger partial charge in [-0.25, -0.2) is 4.79 Å². The van der Waals surface area contributed by atoms with Gasteiger partial charge < -0.3 is 20.1 Å². The SMILES string of the molecule is COc1ccc(C(=O)N[C@H](C(=O)OCC(=O)Nc2c(C)nn(C)c2C)C(C)C)cc1. The minimum atomic E-state index is -0.894. The van der Waals surface area contributed by atoms with Gasteiger partial charge in [0.25, 0.3) is 11.8 Å². The Morgan fingerprint density at radius 3 is 2.27 bits per heavy atom. The minimum Gasteiger partial charge on any atom is -0.497 e. The van der Waals surface area contributed by atoms with E-state index >= 15 is 0 Å². The first kappa shape index (κ1) is 22.9. The third kappa shape index (κ3) is 5.59. The molecule has 9 heteroatoms. The maximum absolute atomic E-state index is 12.5. The second-order valence-electron chi connectivity index (χ2n) is 7.25. The smallest absolute Gasteiger partial charge is 0.329 e. The highest BCUT2D eigenvalue weighted by Crippen LogP contribution is 2.18. The van der Waals surface area contributed by atoms with Crippen molar-refractivity contribution in [2.45, 2.75) is 33.7 Å². The number of carbonyl (C=O) groups excluding carboxylic acids is 3. The van der Waals surface area contributed by atoms with E-state index in [1.54, 1.807) is 56.8 Å². The molecule has 0 aliphatic heterocycles. The number of nitrogens with zero attached hydrogens (tertiary/aromatic N) is 2. The van der Waals surface area contributed by atoms with Crippen LogP contribution in [0.1, 0.15) is 35.6 Å². The Kier molecular flexibility index (Phi) is 7.57. The van der Waals surface area contributed by atoms with Gasteiger partial charge in [-0.1, -0.05) is 13.8 Å². The summed E-state index contributed by atoms with van der Waals surface area (Å²) >= 11 is 0. The van der Waals surface area contributed by atoms with Crippen LogP contribution in [0.5, 0.6) is 5.75 Å². The number of aromatic nitrogens is 2. The van der Waals surface area contributed by atoms with Crippen molar-refractivity contribution < 1.29 is 23.9 Å². The number of methoxy groups -OCH3 is 1. The van der Waals surface area contributed by atoms with E-state index in [0.717, 1.165) is 5.69 Å². The summed E-state index contributed by atoms with van der Waals surface area (Å²) < 4.78 is 11.9. The van der Waals surface area contributed by atoms with Crippen LogP contribution in [0.25, 0.3) is 0 Å². The largest absolute Gasteiger partial charge is 0.497 e. The van der Waals surface area contributed by atoms with Gasteiger partial charge in [0.05, 0.1) is 24.2 Å². The molecule has 0 unspecified atom stereocenters. The summed E-state index contributed by atoms with van der Waals surface area (Å²) in [7, 11) is 3.31. The van der Waals surface area contributed by atoms with Gasteiger partial charge in [-0.05, 0) is 44.0 Å². The maximum atomic E-state index is 12.5. The van der Waals surface area contributed by atoms with Gasteiger partial charge in [-0.15, -0.1) is 0 Å². The van der Waals surface area contributed by atoms with Crippen molar-refractivity contribution in [3.63, 3.8) is 0 Å². The molecule has 0 bridgehead atoms. The van der Waals surface area contributed by atoms with Crippen molar-refractivity contribution in [1.82, 2.24) is 15.1 Å². The van der Waals surface area contributed by atoms with Crippen molar-refractivity contribution in [2.24, 2.45) is 13.0 Å². The molecule has 0 fully saturated rings. The Morgan fingerprint density at radius 2 is 1.77 bits per heavy atom. The molecule has 162 valence electrons. The standard InChI is InChI=1S/C21H28N4O5/c1-12(2)18(23-20(27)15-7-9-16(29-6)10-8-15)21(28)30-11-17(26)22-19-13(3)24-25(5)14(19)4/h7-10,12,18H,11H2,1-6H3,(H,22,26)(H,23,27)/t18-/m0/s1. The molecule has 2 aromatic rings. The molecule has 0 radical (unpaired) electrons. The molecule has 0 spiro atoms. The van der Waals surface area contributed by atoms with Crippen molar-refractivity contribution in [1.29, 1.82) is 0 Å². The van der Waals surface area contributed by atoms with E-state index < -0.39 is 30.4 Å². The van der Waals surface area contributed by atoms with Crippen LogP contribution in [0.4, 0.5) is 5.69 Å². The number of benzene rings is 1. The van der Waals surface area contributed by atoms with Crippen molar-refractivity contribution in [3.05, 3.63) is 41.2 Å². The quantitative estimate of drug-likeness (QED) is 0.637. The third-order valence-corrected chi connectivity index (χ3v) is 4.68. The molecule has 2 rings (SSSR count). The monoisotopic (exact) mass is 416 g/mol. The molecule has 0 saturated carbocycles. The van der Waals surface area contributed by atoms with E-state index in [2.05, 4.69) is 15.7 Å². The highest BCUT2D eigenvalue weighted by atomic mass is 16.5. The number of ether oxygens (including phenoxy) is 2. The number of aryl methyl sites for hydroxylation is 2. The summed E-state index contributed by atoms with van der Waals surface area (Å²) in [5.74, 6) is -1.19. The van der Waals surface area contributed by atoms with E-state index in [1.807, 2.05) is 6.92 Å². The fraction of sp³-hybridized carbons (Fsp3) is 0.429. The molecule has 1 heterocycles. The first-order valence-electron chi connectivity index (χ1n) is 9.55. The molecule has 1 aromatic carbocycles. The average molecular weight is 416 g/mol. The number of nitrogens with one attached hydrogen (secondary N) is 2. The summed E-state index contributed by atoms with van der Waals surface area (Å²) in [6.45, 7) is 6.70. The van der Waals surface area contributed by atoms with Crippen LogP contribution in [-0.4, -0.2) is 47.3 Å². The summed E-state index contributed by atoms with van der Waals surface area (Å²) in [4.78, 5) is 37.2. The lowest BCUT2D eigenvalue weighted by molar-refractivity contribution is -0.150. The number of anilines is 1. The number of rotatable bonds is 8. The predicted octanol–water partition coefficient (Wildman–Crippen LogP) is 1.98. The molecule has 0 aliphatic carbocycles. The highest BCUT2D eigenvalue weighted by molar-refractivity contribution is 5.98. The van der Waals surface area contributed by atoms with Gasteiger partial charge in [0.15, 0.2) is 6.61 Å². The number of hydrogen-bond donors (Lipinski definition) is 2. The summed E-state index contributed by atoms with van der Waals surface area (Å²) in [5, 5.41) is 9.59. The predicted molar refractivity (Wildman–Crippen MR) is 111 cm³/mol. The molecular formula is C21H28N4O5. The van der Waals surface area contributed by atoms with Crippen LogP contribution in [0.3, 0.4) is 0 Å². The molecular weight excluding hydrogens is 388 g/mol. The van der Waals surface area contributed by atoms with Gasteiger partial charge in [0, 0.05) is 12.6 Å². The fourth-order valence-electron chi connectivity index (χ4n) is 2.82. The number of carbonyl (C=O) groups is 3. The van der Waals surface area contributed by atoms with Gasteiger partial charge in [-0.3, -0.25) is 14.3 Å². The summed E-state index contributed by atoms with van der Waals surface area (Å²) in [6, 6.07) is 5.62. The van der Waals surface area contributed by atoms with Crippen LogP contribution in [0.2, 0.25) is 0 Å². The molecule has 30 heavy (non-hydrogen) atoms. The molecule has 1 atom stereocenters. The zero-order chi connectivity index (χ0) is 22.4. The summed E-state index contributed by atoms with van der Waals surface area (Å²) in [6.07, 6.45) is 0. The van der Waals surface area contributed by atoms with E-state index in [4.69, 9.17) is 9.47 Å². The van der Waals surface area contributed by atoms with Gasteiger partial charge >= 0.3 is 5.97 Å². The lowest BCUT2D eigenvalue weighted by atomic mass is 10.0. The molecule has 2 amide bonds. The average Bonchev–Trinajstić information content (AvgIpc) is 2.95. The Hall–Kier alpha value is -3.36. The zero-order valence-electron chi connectivity index (χ0n) is 18.1. The first-order chi connectivity index (χ1) is 14.1. The molecule has 0 saturated heterocycles. The maximum Gasteiger partial charge on any atom is 0.329 e. The van der Waals surface area contributed by atoms with Crippen molar-refractivity contribution >= 4 is 23.5 Å². The van der Waals surface area contributed by atoms with E-state index in [-0.39, 0.29) is 5.92 Å². The Bertz CT molecular complexity index is 918. The normalized spacial score (nSPS) is 11.7. The van der Waals surface area contributed by atoms with Crippen LogP contribution < -0.4 is 15.4 Å². The molecule has 9 nitrogen and oxygen atoms in total. The Morgan fingerprint density at radius 1 is 1.13 bits per heavy atom. The number of hydrogen-bond acceptors (Lipinski definition) is 6. The van der Waals surface area contributed by atoms with E-state index in [0.29, 0.717) is 22.7 Å². The van der Waals surface area contributed by atoms with E-state index in [1.165, 1.54) is 7.11 Å². The Labute approximate surface area is 175 Å². The highest BCUT2D eigenvalue weighted by Gasteiger charge is 2.27. The second-order valence-corrected chi connectivity index (χ2v) is 7.25. The van der Waals surface area contributed by atoms with Crippen molar-refractivity contribution in [2.75, 3.05) is 19.0 Å². The number of esters is 1. The minimum absolute atomic E-state index is 0.231. The van der Waals surface area contributed by atoms with E-state index in [9.17, 15) is 14.4 Å². The lowest BCUT2D eigenvalue weighted by Gasteiger charge is -2.21. The van der Waals surface area contributed by atoms with Crippen molar-refractivity contribution in [3.8, 4) is 5.75 Å². The van der Waals surface area contributed by atoms with Gasteiger partial charge in [0.1, 0.15) is 11.8 Å². The topological polar surface area (TPSA) is 112 Å². The number of amides is 2. The zero-order valence-corrected chi connectivity index (χ0v) is 18.1. The summed E-state index contributed by atoms with van der Waals surface area (Å²) in [5.41, 5.74) is 2.43. The molecule has 2 N–H and O–H groups in total. The van der Waals surface area contributed by atoms with Gasteiger partial charge in [-0.2, -0.15) is 5.10 Å². The molecule has 0 aliphatic rings. The second kappa shape index (κ2) is 9.91. The van der Waals surface area contributed by atoms with Crippen LogP contribution in [0, 0.1) is 19.8 Å². The Balaban J connectivity index is 1.96. The third-order valence-electron chi connectivity index (χ3n) is 4.68. The lowest BCUT2D eigenvalue weighted by Crippen LogP contribution is -2.45. The molecule has 1 aromatic heterocycles. The van der Waals surface area contributed by atoms with Crippen LogP contribution >= 0.6 is 0 Å².